The molecule has 8 nitrogen and oxygen atoms in total. The number of ether oxygens (including phenoxy) is 2. The molecule has 31 heavy (non-hydrogen) atoms. The third kappa shape index (κ3) is 4.51. The number of hydrogen-bond acceptors (Lipinski definition) is 6. The number of carbonyl (C=O) groups is 3. The van der Waals surface area contributed by atoms with Gasteiger partial charge in [-0.1, -0.05) is 6.08 Å². The van der Waals surface area contributed by atoms with Crippen molar-refractivity contribution in [2.45, 2.75) is 32.1 Å². The second kappa shape index (κ2) is 9.63. The van der Waals surface area contributed by atoms with Crippen LogP contribution in [-0.2, 0) is 14.3 Å². The number of fused-ring (bicyclic) bond motifs is 1. The summed E-state index contributed by atoms with van der Waals surface area (Å²) in [6, 6.07) is 0.349. The molecule has 2 N–H and O–H groups in total. The van der Waals surface area contributed by atoms with Crippen molar-refractivity contribution < 1.29 is 32.6 Å². The number of nitrogens with zero attached hydrogens (tertiary/aromatic N) is 1. The number of nitrogens with one attached hydrogen (secondary N) is 2. The van der Waals surface area contributed by atoms with Gasteiger partial charge in [0.15, 0.2) is 6.29 Å². The molecule has 1 atom stereocenters. The largest absolute Gasteiger partial charge is 0.356 e. The molecule has 4 rings (SSSR count). The van der Waals surface area contributed by atoms with Crippen molar-refractivity contribution >= 4 is 17.7 Å². The maximum atomic E-state index is 13.8. The Labute approximate surface area is 178 Å². The van der Waals surface area contributed by atoms with Gasteiger partial charge in [0, 0.05) is 45.0 Å². The molecule has 0 bridgehead atoms. The fourth-order valence-electron chi connectivity index (χ4n) is 3.76. The van der Waals surface area contributed by atoms with E-state index in [0.29, 0.717) is 24.1 Å². The Kier molecular flexibility index (Phi) is 7.14. The average Bonchev–Trinajstić information content (AvgIpc) is 2.95. The minimum absolute atomic E-state index is 0.00810. The van der Waals surface area contributed by atoms with Crippen LogP contribution in [0.5, 0.6) is 0 Å². The number of halogens is 2. The summed E-state index contributed by atoms with van der Waals surface area (Å²) in [5, 5.41) is 5.75. The molecular formula is C21H25F2N3O5. The van der Waals surface area contributed by atoms with Gasteiger partial charge in [0.2, 0.25) is 5.91 Å². The second-order valence-electron chi connectivity index (χ2n) is 7.41. The number of amides is 3. The van der Waals surface area contributed by atoms with Crippen LogP contribution < -0.4 is 10.6 Å². The summed E-state index contributed by atoms with van der Waals surface area (Å²) in [4.78, 5) is 37.4. The Bertz CT molecular complexity index is 913. The molecule has 0 radical (unpaired) electrons. The Hall–Kier alpha value is -2.69. The van der Waals surface area contributed by atoms with Gasteiger partial charge in [0.1, 0.15) is 17.7 Å². The molecular weight excluding hydrogens is 412 g/mol. The Morgan fingerprint density at radius 2 is 1.81 bits per heavy atom. The molecule has 3 aliphatic heterocycles. The lowest BCUT2D eigenvalue weighted by molar-refractivity contribution is -0.146. The van der Waals surface area contributed by atoms with E-state index in [2.05, 4.69) is 10.6 Å². The van der Waals surface area contributed by atoms with Crippen LogP contribution in [0.2, 0.25) is 0 Å². The van der Waals surface area contributed by atoms with Gasteiger partial charge >= 0.3 is 0 Å². The lowest BCUT2D eigenvalue weighted by atomic mass is 10.0. The van der Waals surface area contributed by atoms with E-state index >= 15 is 0 Å². The quantitative estimate of drug-likeness (QED) is 0.548. The third-order valence-electron chi connectivity index (χ3n) is 5.53. The van der Waals surface area contributed by atoms with Gasteiger partial charge in [-0.25, -0.2) is 8.78 Å². The second-order valence-corrected chi connectivity index (χ2v) is 7.41. The lowest BCUT2D eigenvalue weighted by Gasteiger charge is -2.32. The van der Waals surface area contributed by atoms with Crippen LogP contribution in [0.25, 0.3) is 0 Å². The van der Waals surface area contributed by atoms with Crippen molar-refractivity contribution in [3.63, 3.8) is 0 Å². The predicted molar refractivity (Wildman–Crippen MR) is 106 cm³/mol. The van der Waals surface area contributed by atoms with Crippen molar-refractivity contribution in [1.82, 2.24) is 15.5 Å². The van der Waals surface area contributed by atoms with E-state index in [-0.39, 0.29) is 18.3 Å². The Balaban J connectivity index is 0.000000254. The maximum Gasteiger partial charge on any atom is 0.265 e. The topological polar surface area (TPSA) is 97.0 Å². The van der Waals surface area contributed by atoms with Crippen LogP contribution in [0.4, 0.5) is 8.78 Å². The molecule has 2 fully saturated rings. The first-order chi connectivity index (χ1) is 14.8. The summed E-state index contributed by atoms with van der Waals surface area (Å²) in [5.74, 6) is -3.73. The summed E-state index contributed by atoms with van der Waals surface area (Å²) in [5.41, 5.74) is -0.113. The van der Waals surface area contributed by atoms with Crippen LogP contribution in [0.1, 0.15) is 40.5 Å². The first-order valence-electron chi connectivity index (χ1n) is 9.91. The normalized spacial score (nSPS) is 22.3. The predicted octanol–water partition coefficient (Wildman–Crippen LogP) is 1.57. The van der Waals surface area contributed by atoms with Gasteiger partial charge in [-0.15, -0.1) is 0 Å². The van der Waals surface area contributed by atoms with Crippen LogP contribution in [-0.4, -0.2) is 62.3 Å². The van der Waals surface area contributed by atoms with E-state index in [0.717, 1.165) is 24.1 Å². The molecule has 168 valence electrons. The zero-order chi connectivity index (χ0) is 22.7. The number of methoxy groups -OCH3 is 2. The molecule has 10 heteroatoms. The molecule has 2 saturated heterocycles. The van der Waals surface area contributed by atoms with Gasteiger partial charge in [-0.3, -0.25) is 19.3 Å². The van der Waals surface area contributed by atoms with Gasteiger partial charge in [0.05, 0.1) is 11.1 Å². The van der Waals surface area contributed by atoms with Crippen molar-refractivity contribution in [2.24, 2.45) is 5.92 Å². The minimum atomic E-state index is -1.10. The summed E-state index contributed by atoms with van der Waals surface area (Å²) in [6.45, 7) is 3.80. The van der Waals surface area contributed by atoms with E-state index in [1.165, 1.54) is 0 Å². The Morgan fingerprint density at radius 1 is 1.13 bits per heavy atom. The van der Waals surface area contributed by atoms with Crippen LogP contribution in [0.15, 0.2) is 23.9 Å². The summed E-state index contributed by atoms with van der Waals surface area (Å²) in [6.07, 6.45) is 2.45. The van der Waals surface area contributed by atoms with E-state index in [9.17, 15) is 23.2 Å². The molecule has 3 heterocycles. The van der Waals surface area contributed by atoms with Crippen molar-refractivity contribution in [3.05, 3.63) is 46.7 Å². The highest BCUT2D eigenvalue weighted by molar-refractivity contribution is 6.23. The molecule has 1 aromatic rings. The summed E-state index contributed by atoms with van der Waals surface area (Å²) in [7, 11) is 3.35. The zero-order valence-corrected chi connectivity index (χ0v) is 17.5. The number of imide groups is 1. The monoisotopic (exact) mass is 437 g/mol. The van der Waals surface area contributed by atoms with Crippen molar-refractivity contribution in [2.75, 3.05) is 27.3 Å². The van der Waals surface area contributed by atoms with Crippen LogP contribution in [0, 0.1) is 17.6 Å². The SMILES string of the molecule is CC=C1CCC(N2C(=O)c3cc(F)cc(F)c3C2=O)C(=O)N1.COC(OC)C1CNC1. The van der Waals surface area contributed by atoms with Gasteiger partial charge in [0.25, 0.3) is 11.8 Å². The van der Waals surface area contributed by atoms with Gasteiger partial charge in [-0.2, -0.15) is 0 Å². The van der Waals surface area contributed by atoms with Crippen LogP contribution >= 0.6 is 0 Å². The highest BCUT2D eigenvalue weighted by Crippen LogP contribution is 2.30. The highest BCUT2D eigenvalue weighted by Gasteiger charge is 2.45. The minimum Gasteiger partial charge on any atom is -0.356 e. The maximum absolute atomic E-state index is 13.8. The smallest absolute Gasteiger partial charge is 0.265 e. The average molecular weight is 437 g/mol. The number of carbonyl (C=O) groups excluding carboxylic acids is 3. The molecule has 1 aromatic carbocycles. The number of hydrogen-bond donors (Lipinski definition) is 2. The molecule has 1 unspecified atom stereocenters. The summed E-state index contributed by atoms with van der Waals surface area (Å²) >= 11 is 0. The highest BCUT2D eigenvalue weighted by atomic mass is 19.1. The molecule has 3 aliphatic rings. The van der Waals surface area contributed by atoms with E-state index < -0.39 is 41.0 Å². The number of allylic oxidation sites excluding steroid dienone is 2. The van der Waals surface area contributed by atoms with Gasteiger partial charge < -0.3 is 20.1 Å². The Morgan fingerprint density at radius 3 is 2.29 bits per heavy atom. The molecule has 0 aliphatic carbocycles. The van der Waals surface area contributed by atoms with Crippen molar-refractivity contribution in [1.29, 1.82) is 0 Å². The fraction of sp³-hybridized carbons (Fsp3) is 0.476. The first kappa shape index (κ1) is 23.0. The fourth-order valence-corrected chi connectivity index (χ4v) is 3.76. The van der Waals surface area contributed by atoms with Crippen molar-refractivity contribution in [3.8, 4) is 0 Å². The number of rotatable bonds is 4. The summed E-state index contributed by atoms with van der Waals surface area (Å²) < 4.78 is 37.1. The molecule has 0 saturated carbocycles. The first-order valence-corrected chi connectivity index (χ1v) is 9.91. The third-order valence-corrected chi connectivity index (χ3v) is 5.53. The molecule has 0 spiro atoms. The van der Waals surface area contributed by atoms with Gasteiger partial charge in [-0.05, 0) is 25.8 Å². The molecule has 0 aromatic heterocycles. The van der Waals surface area contributed by atoms with E-state index in [1.807, 2.05) is 0 Å². The van der Waals surface area contributed by atoms with E-state index in [1.54, 1.807) is 27.2 Å². The zero-order valence-electron chi connectivity index (χ0n) is 17.5. The number of benzene rings is 1. The van der Waals surface area contributed by atoms with E-state index in [4.69, 9.17) is 9.47 Å². The van der Waals surface area contributed by atoms with Crippen LogP contribution in [0.3, 0.4) is 0 Å². The number of piperidine rings is 1. The molecule has 3 amide bonds. The standard InChI is InChI=1S/C15H12F2N2O3.C6H13NO2/c1-2-8-3-4-11(13(20)18-8)19-14(21)9-5-7(16)6-10(17)12(9)15(19)22;1-8-6(9-2)5-3-7-4-5/h2,5-6,11H,3-4H2,1H3,(H,18,20);5-7H,3-4H2,1-2H3. The lowest BCUT2D eigenvalue weighted by Crippen LogP contribution is -2.51.